The van der Waals surface area contributed by atoms with Gasteiger partial charge in [-0.3, -0.25) is 4.68 Å². The van der Waals surface area contributed by atoms with E-state index < -0.39 is 0 Å². The summed E-state index contributed by atoms with van der Waals surface area (Å²) in [6, 6.07) is 10.5. The zero-order valence-corrected chi connectivity index (χ0v) is 13.1. The Hall–Kier alpha value is -1.32. The Morgan fingerprint density at radius 2 is 2.00 bits per heavy atom. The van der Waals surface area contributed by atoms with Crippen LogP contribution in [0.25, 0.3) is 0 Å². The number of halogens is 1. The van der Waals surface area contributed by atoms with Crippen LogP contribution in [0.5, 0.6) is 0 Å². The molecule has 0 saturated heterocycles. The first-order valence-corrected chi connectivity index (χ1v) is 7.48. The van der Waals surface area contributed by atoms with Gasteiger partial charge in [0.2, 0.25) is 0 Å². The zero-order chi connectivity index (χ0) is 14.5. The maximum Gasteiger partial charge on any atom is 0.0860 e. The van der Waals surface area contributed by atoms with E-state index in [1.807, 2.05) is 17.7 Å². The molecule has 1 atom stereocenters. The molecule has 1 aromatic heterocycles. The van der Waals surface area contributed by atoms with Crippen LogP contribution < -0.4 is 5.32 Å². The molecule has 1 aromatic carbocycles. The van der Waals surface area contributed by atoms with Gasteiger partial charge in [-0.1, -0.05) is 48.9 Å². The van der Waals surface area contributed by atoms with Gasteiger partial charge in [0.25, 0.3) is 0 Å². The number of benzene rings is 1. The smallest absolute Gasteiger partial charge is 0.0860 e. The van der Waals surface area contributed by atoms with Crippen LogP contribution in [0.15, 0.2) is 30.3 Å². The maximum atomic E-state index is 6.30. The number of aryl methyl sites for hydroxylation is 2. The van der Waals surface area contributed by atoms with Gasteiger partial charge in [0.15, 0.2) is 0 Å². The van der Waals surface area contributed by atoms with Crippen molar-refractivity contribution in [1.82, 2.24) is 15.1 Å². The number of hydrogen-bond acceptors (Lipinski definition) is 2. The summed E-state index contributed by atoms with van der Waals surface area (Å²) in [7, 11) is 0. The fraction of sp³-hybridized carbons (Fsp3) is 0.438. The molecule has 4 heteroatoms. The molecule has 108 valence electrons. The minimum Gasteiger partial charge on any atom is -0.311 e. The standard InChI is InChI=1S/C16H22ClN3/c1-4-20-15(16(17)13(3)19-20)11-18-10-12(2)14-8-6-5-7-9-14/h5-9,12,18H,4,10-11H2,1-3H3. The van der Waals surface area contributed by atoms with E-state index in [4.69, 9.17) is 11.6 Å². The highest BCUT2D eigenvalue weighted by Gasteiger charge is 2.12. The second-order valence-corrected chi connectivity index (χ2v) is 5.48. The van der Waals surface area contributed by atoms with Gasteiger partial charge in [-0.2, -0.15) is 5.10 Å². The highest BCUT2D eigenvalue weighted by Crippen LogP contribution is 2.20. The molecule has 20 heavy (non-hydrogen) atoms. The Morgan fingerprint density at radius 1 is 1.30 bits per heavy atom. The first-order valence-electron chi connectivity index (χ1n) is 7.11. The lowest BCUT2D eigenvalue weighted by Gasteiger charge is -2.13. The molecule has 2 rings (SSSR count). The predicted octanol–water partition coefficient (Wildman–Crippen LogP) is 3.76. The molecule has 0 aliphatic rings. The zero-order valence-electron chi connectivity index (χ0n) is 12.4. The van der Waals surface area contributed by atoms with Gasteiger partial charge in [-0.15, -0.1) is 0 Å². The van der Waals surface area contributed by atoms with E-state index in [-0.39, 0.29) is 0 Å². The summed E-state index contributed by atoms with van der Waals surface area (Å²) >= 11 is 6.30. The summed E-state index contributed by atoms with van der Waals surface area (Å²) in [6.07, 6.45) is 0. The van der Waals surface area contributed by atoms with Crippen LogP contribution in [0.4, 0.5) is 0 Å². The van der Waals surface area contributed by atoms with Crippen molar-refractivity contribution in [3.05, 3.63) is 52.3 Å². The van der Waals surface area contributed by atoms with Gasteiger partial charge < -0.3 is 5.32 Å². The van der Waals surface area contributed by atoms with Crippen molar-refractivity contribution < 1.29 is 0 Å². The van der Waals surface area contributed by atoms with E-state index in [1.165, 1.54) is 5.56 Å². The molecule has 0 radical (unpaired) electrons. The molecule has 0 aliphatic carbocycles. The van der Waals surface area contributed by atoms with Crippen LogP contribution in [0, 0.1) is 6.92 Å². The summed E-state index contributed by atoms with van der Waals surface area (Å²) in [5.41, 5.74) is 3.33. The number of aromatic nitrogens is 2. The Morgan fingerprint density at radius 3 is 2.65 bits per heavy atom. The third kappa shape index (κ3) is 3.41. The predicted molar refractivity (Wildman–Crippen MR) is 84.2 cm³/mol. The first-order chi connectivity index (χ1) is 9.63. The molecule has 1 N–H and O–H groups in total. The summed E-state index contributed by atoms with van der Waals surface area (Å²) in [4.78, 5) is 0. The lowest BCUT2D eigenvalue weighted by atomic mass is 10.0. The fourth-order valence-corrected chi connectivity index (χ4v) is 2.55. The molecule has 3 nitrogen and oxygen atoms in total. The number of rotatable bonds is 6. The second kappa shape index (κ2) is 6.91. The van der Waals surface area contributed by atoms with Crippen molar-refractivity contribution in [2.45, 2.75) is 39.8 Å². The van der Waals surface area contributed by atoms with Crippen LogP contribution in [0.2, 0.25) is 5.02 Å². The van der Waals surface area contributed by atoms with E-state index in [0.29, 0.717) is 5.92 Å². The van der Waals surface area contributed by atoms with Gasteiger partial charge in [0, 0.05) is 19.6 Å². The Balaban J connectivity index is 1.93. The number of nitrogens with one attached hydrogen (secondary N) is 1. The average Bonchev–Trinajstić information content (AvgIpc) is 2.75. The van der Waals surface area contributed by atoms with Crippen LogP contribution in [0.1, 0.15) is 36.7 Å². The van der Waals surface area contributed by atoms with Crippen molar-refractivity contribution in [3.63, 3.8) is 0 Å². The lowest BCUT2D eigenvalue weighted by Crippen LogP contribution is -2.21. The molecule has 0 amide bonds. The molecular weight excluding hydrogens is 270 g/mol. The van der Waals surface area contributed by atoms with Gasteiger partial charge >= 0.3 is 0 Å². The molecule has 2 aromatic rings. The van der Waals surface area contributed by atoms with Crippen molar-refractivity contribution in [2.24, 2.45) is 0 Å². The quantitative estimate of drug-likeness (QED) is 0.878. The number of hydrogen-bond donors (Lipinski definition) is 1. The van der Waals surface area contributed by atoms with Crippen LogP contribution in [-0.4, -0.2) is 16.3 Å². The van der Waals surface area contributed by atoms with E-state index in [2.05, 4.69) is 48.5 Å². The average molecular weight is 292 g/mol. The van der Waals surface area contributed by atoms with Crippen molar-refractivity contribution >= 4 is 11.6 Å². The third-order valence-electron chi connectivity index (χ3n) is 3.56. The van der Waals surface area contributed by atoms with E-state index in [9.17, 15) is 0 Å². The molecule has 0 saturated carbocycles. The second-order valence-electron chi connectivity index (χ2n) is 5.10. The topological polar surface area (TPSA) is 29.9 Å². The summed E-state index contributed by atoms with van der Waals surface area (Å²) in [5, 5.41) is 8.70. The minimum absolute atomic E-state index is 0.481. The van der Waals surface area contributed by atoms with Gasteiger partial charge in [0.05, 0.1) is 16.4 Å². The Kier molecular flexibility index (Phi) is 5.21. The van der Waals surface area contributed by atoms with E-state index >= 15 is 0 Å². The molecule has 1 heterocycles. The molecule has 0 spiro atoms. The fourth-order valence-electron chi connectivity index (χ4n) is 2.34. The monoisotopic (exact) mass is 291 g/mol. The molecule has 0 aliphatic heterocycles. The van der Waals surface area contributed by atoms with Gasteiger partial charge in [-0.05, 0) is 25.3 Å². The Labute approximate surface area is 126 Å². The van der Waals surface area contributed by atoms with Crippen LogP contribution >= 0.6 is 11.6 Å². The maximum absolute atomic E-state index is 6.30. The van der Waals surface area contributed by atoms with Crippen molar-refractivity contribution in [1.29, 1.82) is 0 Å². The van der Waals surface area contributed by atoms with Crippen LogP contribution in [0.3, 0.4) is 0 Å². The third-order valence-corrected chi connectivity index (χ3v) is 4.06. The van der Waals surface area contributed by atoms with Crippen molar-refractivity contribution in [2.75, 3.05) is 6.54 Å². The lowest BCUT2D eigenvalue weighted by molar-refractivity contribution is 0.559. The molecule has 1 unspecified atom stereocenters. The summed E-state index contributed by atoms with van der Waals surface area (Å²) in [5.74, 6) is 0.481. The normalized spacial score (nSPS) is 12.6. The van der Waals surface area contributed by atoms with E-state index in [0.717, 1.165) is 36.0 Å². The van der Waals surface area contributed by atoms with E-state index in [1.54, 1.807) is 0 Å². The summed E-state index contributed by atoms with van der Waals surface area (Å²) < 4.78 is 1.97. The summed E-state index contributed by atoms with van der Waals surface area (Å²) in [6.45, 7) is 8.79. The van der Waals surface area contributed by atoms with Crippen molar-refractivity contribution in [3.8, 4) is 0 Å². The first kappa shape index (κ1) is 15.1. The van der Waals surface area contributed by atoms with Crippen LogP contribution in [-0.2, 0) is 13.1 Å². The highest BCUT2D eigenvalue weighted by atomic mass is 35.5. The molecule has 0 fully saturated rings. The highest BCUT2D eigenvalue weighted by molar-refractivity contribution is 6.31. The largest absolute Gasteiger partial charge is 0.311 e. The SMILES string of the molecule is CCn1nc(C)c(Cl)c1CNCC(C)c1ccccc1. The van der Waals surface area contributed by atoms with Gasteiger partial charge in [-0.25, -0.2) is 0 Å². The molecule has 0 bridgehead atoms. The molecular formula is C16H22ClN3. The Bertz CT molecular complexity index is 548. The minimum atomic E-state index is 0.481. The van der Waals surface area contributed by atoms with Gasteiger partial charge in [0.1, 0.15) is 0 Å². The number of nitrogens with zero attached hydrogens (tertiary/aromatic N) is 2.